The van der Waals surface area contributed by atoms with Crippen LogP contribution in [0.25, 0.3) is 6.08 Å². The molecule has 2 rings (SSSR count). The maximum atomic E-state index is 11.8. The molecule has 1 aromatic heterocycles. The first-order chi connectivity index (χ1) is 9.57. The van der Waals surface area contributed by atoms with Crippen LogP contribution in [-0.4, -0.2) is 20.1 Å². The number of thiophene rings is 1. The van der Waals surface area contributed by atoms with Crippen molar-refractivity contribution in [3.63, 3.8) is 0 Å². The van der Waals surface area contributed by atoms with Gasteiger partial charge in [-0.2, -0.15) is 11.3 Å². The average molecular weight is 309 g/mol. The first-order valence-corrected chi connectivity index (χ1v) is 8.49. The third-order valence-corrected chi connectivity index (χ3v) is 4.41. The summed E-state index contributed by atoms with van der Waals surface area (Å²) in [5.41, 5.74) is 1.51. The minimum atomic E-state index is -3.55. The zero-order chi connectivity index (χ0) is 14.4. The molecule has 0 saturated heterocycles. The van der Waals surface area contributed by atoms with E-state index in [9.17, 15) is 13.5 Å². The molecular formula is C14H15NO3S2. The van der Waals surface area contributed by atoms with Crippen LogP contribution in [0.4, 0.5) is 0 Å². The van der Waals surface area contributed by atoms with Crippen molar-refractivity contribution in [3.8, 4) is 0 Å². The van der Waals surface area contributed by atoms with E-state index in [1.165, 1.54) is 17.4 Å². The molecule has 0 saturated carbocycles. The molecule has 0 bridgehead atoms. The van der Waals surface area contributed by atoms with Gasteiger partial charge in [0.25, 0.3) is 0 Å². The van der Waals surface area contributed by atoms with Crippen molar-refractivity contribution in [2.75, 3.05) is 6.54 Å². The van der Waals surface area contributed by atoms with Crippen molar-refractivity contribution in [2.45, 2.75) is 6.10 Å². The van der Waals surface area contributed by atoms with Crippen LogP contribution in [0.1, 0.15) is 17.2 Å². The lowest BCUT2D eigenvalue weighted by Gasteiger charge is -2.09. The van der Waals surface area contributed by atoms with Crippen molar-refractivity contribution in [2.24, 2.45) is 0 Å². The highest BCUT2D eigenvalue weighted by molar-refractivity contribution is 7.92. The Morgan fingerprint density at radius 3 is 2.65 bits per heavy atom. The Kier molecular flexibility index (Phi) is 5.08. The second-order valence-electron chi connectivity index (χ2n) is 4.18. The van der Waals surface area contributed by atoms with Crippen molar-refractivity contribution in [1.29, 1.82) is 0 Å². The third-order valence-electron chi connectivity index (χ3n) is 2.65. The van der Waals surface area contributed by atoms with Gasteiger partial charge in [-0.25, -0.2) is 13.1 Å². The Morgan fingerprint density at radius 2 is 2.00 bits per heavy atom. The smallest absolute Gasteiger partial charge is 0.233 e. The van der Waals surface area contributed by atoms with Crippen molar-refractivity contribution in [1.82, 2.24) is 4.72 Å². The van der Waals surface area contributed by atoms with Crippen LogP contribution in [0, 0.1) is 0 Å². The lowest BCUT2D eigenvalue weighted by Crippen LogP contribution is -2.26. The molecule has 4 nitrogen and oxygen atoms in total. The number of nitrogens with one attached hydrogen (secondary N) is 1. The van der Waals surface area contributed by atoms with Crippen LogP contribution in [0.5, 0.6) is 0 Å². The summed E-state index contributed by atoms with van der Waals surface area (Å²) in [6, 6.07) is 10.9. The number of hydrogen-bond acceptors (Lipinski definition) is 4. The molecule has 20 heavy (non-hydrogen) atoms. The van der Waals surface area contributed by atoms with Gasteiger partial charge in [-0.1, -0.05) is 30.3 Å². The summed E-state index contributed by atoms with van der Waals surface area (Å²) in [5, 5.41) is 14.5. The molecule has 0 amide bonds. The van der Waals surface area contributed by atoms with Crippen LogP contribution in [-0.2, 0) is 10.0 Å². The Balaban J connectivity index is 1.93. The van der Waals surface area contributed by atoms with Crippen LogP contribution >= 0.6 is 11.3 Å². The molecule has 1 unspecified atom stereocenters. The van der Waals surface area contributed by atoms with Gasteiger partial charge in [0, 0.05) is 12.0 Å². The second kappa shape index (κ2) is 6.81. The molecule has 106 valence electrons. The third kappa shape index (κ3) is 4.57. The predicted octanol–water partition coefficient (Wildman–Crippen LogP) is 2.37. The van der Waals surface area contributed by atoms with E-state index in [2.05, 4.69) is 4.72 Å². The number of rotatable bonds is 6. The van der Waals surface area contributed by atoms with Gasteiger partial charge in [0.2, 0.25) is 10.0 Å². The van der Waals surface area contributed by atoms with Crippen molar-refractivity contribution >= 4 is 27.4 Å². The van der Waals surface area contributed by atoms with Crippen LogP contribution in [0.15, 0.2) is 52.6 Å². The van der Waals surface area contributed by atoms with E-state index in [1.54, 1.807) is 11.4 Å². The van der Waals surface area contributed by atoms with E-state index in [1.807, 2.05) is 35.7 Å². The molecule has 2 aromatic rings. The molecular weight excluding hydrogens is 294 g/mol. The highest BCUT2D eigenvalue weighted by Gasteiger charge is 2.11. The van der Waals surface area contributed by atoms with E-state index in [4.69, 9.17) is 0 Å². The molecule has 0 aliphatic carbocycles. The number of sulfonamides is 1. The van der Waals surface area contributed by atoms with Gasteiger partial charge in [0.05, 0.1) is 6.10 Å². The predicted molar refractivity (Wildman–Crippen MR) is 81.7 cm³/mol. The van der Waals surface area contributed by atoms with Gasteiger partial charge < -0.3 is 5.11 Å². The maximum Gasteiger partial charge on any atom is 0.233 e. The first kappa shape index (κ1) is 14.9. The lowest BCUT2D eigenvalue weighted by molar-refractivity contribution is 0.182. The first-order valence-electron chi connectivity index (χ1n) is 6.00. The quantitative estimate of drug-likeness (QED) is 0.861. The molecule has 1 atom stereocenters. The Morgan fingerprint density at radius 1 is 1.25 bits per heavy atom. The van der Waals surface area contributed by atoms with Crippen molar-refractivity contribution in [3.05, 3.63) is 63.7 Å². The van der Waals surface area contributed by atoms with Gasteiger partial charge in [-0.15, -0.1) is 0 Å². The summed E-state index contributed by atoms with van der Waals surface area (Å²) >= 11 is 1.46. The number of aliphatic hydroxyl groups is 1. The summed E-state index contributed by atoms with van der Waals surface area (Å²) < 4.78 is 25.9. The molecule has 0 fully saturated rings. The van der Waals surface area contributed by atoms with Crippen molar-refractivity contribution < 1.29 is 13.5 Å². The van der Waals surface area contributed by atoms with Gasteiger partial charge in [-0.05, 0) is 34.0 Å². The van der Waals surface area contributed by atoms with E-state index in [-0.39, 0.29) is 6.54 Å². The SMILES string of the molecule is O=S(=O)(/C=C/c1ccccc1)NCC(O)c1ccsc1. The topological polar surface area (TPSA) is 66.4 Å². The van der Waals surface area contributed by atoms with E-state index < -0.39 is 16.1 Å². The maximum absolute atomic E-state index is 11.8. The molecule has 0 aliphatic rings. The summed E-state index contributed by atoms with van der Waals surface area (Å²) in [6.45, 7) is -0.0435. The summed E-state index contributed by atoms with van der Waals surface area (Å²) in [4.78, 5) is 0. The molecule has 0 spiro atoms. The fourth-order valence-corrected chi connectivity index (χ4v) is 3.09. The highest BCUT2D eigenvalue weighted by Crippen LogP contribution is 2.15. The standard InChI is InChI=1S/C14H15NO3S2/c16-14(13-6-8-19-11-13)10-15-20(17,18)9-7-12-4-2-1-3-5-12/h1-9,11,14-16H,10H2/b9-7+. The minimum Gasteiger partial charge on any atom is -0.387 e. The van der Waals surface area contributed by atoms with E-state index >= 15 is 0 Å². The van der Waals surface area contributed by atoms with Crippen LogP contribution < -0.4 is 4.72 Å². The Labute approximate surface area is 122 Å². The Bertz CT molecular complexity index is 649. The van der Waals surface area contributed by atoms with E-state index in [0.29, 0.717) is 5.56 Å². The summed E-state index contributed by atoms with van der Waals surface area (Å²) in [6.07, 6.45) is 0.681. The molecule has 0 radical (unpaired) electrons. The zero-order valence-electron chi connectivity index (χ0n) is 10.6. The zero-order valence-corrected chi connectivity index (χ0v) is 12.3. The highest BCUT2D eigenvalue weighted by atomic mass is 32.2. The summed E-state index contributed by atoms with van der Waals surface area (Å²) in [5.74, 6) is 0. The minimum absolute atomic E-state index is 0.0435. The largest absolute Gasteiger partial charge is 0.387 e. The Hall–Kier alpha value is -1.47. The fourth-order valence-electron chi connectivity index (χ4n) is 1.56. The van der Waals surface area contributed by atoms with Gasteiger partial charge in [0.15, 0.2) is 0 Å². The van der Waals surface area contributed by atoms with E-state index in [0.717, 1.165) is 11.0 Å². The number of benzene rings is 1. The monoisotopic (exact) mass is 309 g/mol. The van der Waals surface area contributed by atoms with Gasteiger partial charge >= 0.3 is 0 Å². The average Bonchev–Trinajstić information content (AvgIpc) is 2.98. The molecule has 1 aromatic carbocycles. The number of aliphatic hydroxyl groups excluding tert-OH is 1. The van der Waals surface area contributed by atoms with Crippen LogP contribution in [0.3, 0.4) is 0 Å². The normalized spacial score (nSPS) is 13.7. The van der Waals surface area contributed by atoms with Gasteiger partial charge in [0.1, 0.15) is 0 Å². The molecule has 0 aliphatic heterocycles. The fraction of sp³-hybridized carbons (Fsp3) is 0.143. The number of hydrogen-bond donors (Lipinski definition) is 2. The molecule has 2 N–H and O–H groups in total. The molecule has 1 heterocycles. The molecule has 6 heteroatoms. The van der Waals surface area contributed by atoms with Crippen LogP contribution in [0.2, 0.25) is 0 Å². The second-order valence-corrected chi connectivity index (χ2v) is 6.61. The van der Waals surface area contributed by atoms with Gasteiger partial charge in [-0.3, -0.25) is 0 Å². The summed E-state index contributed by atoms with van der Waals surface area (Å²) in [7, 11) is -3.55. The lowest BCUT2D eigenvalue weighted by atomic mass is 10.2.